The average Bonchev–Trinajstić information content (AvgIpc) is 3.04. The highest BCUT2D eigenvalue weighted by molar-refractivity contribution is 5.22. The van der Waals surface area contributed by atoms with Crippen LogP contribution >= 0.6 is 0 Å². The van der Waals surface area contributed by atoms with Gasteiger partial charge in [0.05, 0.1) is 6.20 Å². The Kier molecular flexibility index (Phi) is 4.94. The first-order chi connectivity index (χ1) is 10.8. The third-order valence-electron chi connectivity index (χ3n) is 4.95. The zero-order valence-electron chi connectivity index (χ0n) is 13.8. The van der Waals surface area contributed by atoms with E-state index in [4.69, 9.17) is 0 Å². The predicted molar refractivity (Wildman–Crippen MR) is 91.2 cm³/mol. The van der Waals surface area contributed by atoms with Crippen molar-refractivity contribution in [3.05, 3.63) is 53.3 Å². The van der Waals surface area contributed by atoms with E-state index in [-0.39, 0.29) is 0 Å². The van der Waals surface area contributed by atoms with Gasteiger partial charge in [-0.25, -0.2) is 0 Å². The second kappa shape index (κ2) is 7.10. The third kappa shape index (κ3) is 3.41. The summed E-state index contributed by atoms with van der Waals surface area (Å²) in [5, 5.41) is 7.51. The van der Waals surface area contributed by atoms with Gasteiger partial charge in [0.25, 0.3) is 0 Å². The highest BCUT2D eigenvalue weighted by Crippen LogP contribution is 2.29. The standard InChI is InChI=1S/C19H27N3/c1-3-16-12-20-21-19(16)18-10-7-11-22(14-18)13-15(2)17-8-5-4-6-9-17/h4-6,8-9,12,15,18H,3,7,10-11,13-14H2,1-2H3,(H,20,21)/t15-,18-/m1/s1. The molecule has 1 aromatic heterocycles. The quantitative estimate of drug-likeness (QED) is 0.906. The Hall–Kier alpha value is -1.61. The number of aromatic nitrogens is 2. The number of aryl methyl sites for hydroxylation is 1. The highest BCUT2D eigenvalue weighted by Gasteiger charge is 2.25. The van der Waals surface area contributed by atoms with Gasteiger partial charge in [0.15, 0.2) is 0 Å². The molecule has 1 aromatic carbocycles. The van der Waals surface area contributed by atoms with E-state index >= 15 is 0 Å². The number of rotatable bonds is 5. The smallest absolute Gasteiger partial charge is 0.0522 e. The monoisotopic (exact) mass is 297 g/mol. The molecular weight excluding hydrogens is 270 g/mol. The Morgan fingerprint density at radius 1 is 1.32 bits per heavy atom. The number of H-pyrrole nitrogens is 1. The van der Waals surface area contributed by atoms with Gasteiger partial charge >= 0.3 is 0 Å². The summed E-state index contributed by atoms with van der Waals surface area (Å²) in [5.41, 5.74) is 4.21. The summed E-state index contributed by atoms with van der Waals surface area (Å²) >= 11 is 0. The maximum absolute atomic E-state index is 4.26. The first-order valence-corrected chi connectivity index (χ1v) is 8.57. The van der Waals surface area contributed by atoms with Gasteiger partial charge in [-0.3, -0.25) is 5.10 Å². The molecule has 1 saturated heterocycles. The van der Waals surface area contributed by atoms with Crippen LogP contribution in [0.2, 0.25) is 0 Å². The summed E-state index contributed by atoms with van der Waals surface area (Å²) in [4.78, 5) is 2.63. The molecule has 0 amide bonds. The van der Waals surface area contributed by atoms with Crippen LogP contribution in [0, 0.1) is 0 Å². The van der Waals surface area contributed by atoms with Gasteiger partial charge < -0.3 is 4.90 Å². The number of benzene rings is 1. The first-order valence-electron chi connectivity index (χ1n) is 8.57. The van der Waals surface area contributed by atoms with Crippen LogP contribution in [-0.2, 0) is 6.42 Å². The van der Waals surface area contributed by atoms with Crippen LogP contribution in [0.25, 0.3) is 0 Å². The van der Waals surface area contributed by atoms with E-state index in [2.05, 4.69) is 59.3 Å². The summed E-state index contributed by atoms with van der Waals surface area (Å²) in [6.45, 7) is 8.09. The number of likely N-dealkylation sites (tertiary alicyclic amines) is 1. The van der Waals surface area contributed by atoms with Crippen molar-refractivity contribution in [3.8, 4) is 0 Å². The van der Waals surface area contributed by atoms with Crippen molar-refractivity contribution in [1.29, 1.82) is 0 Å². The SMILES string of the molecule is CCc1cn[nH]c1[C@@H]1CCCN(C[C@@H](C)c2ccccc2)C1. The Morgan fingerprint density at radius 2 is 2.14 bits per heavy atom. The first kappa shape index (κ1) is 15.3. The second-order valence-corrected chi connectivity index (χ2v) is 6.57. The number of piperidine rings is 1. The van der Waals surface area contributed by atoms with Crippen molar-refractivity contribution in [2.24, 2.45) is 0 Å². The average molecular weight is 297 g/mol. The maximum atomic E-state index is 4.26. The van der Waals surface area contributed by atoms with E-state index in [9.17, 15) is 0 Å². The lowest BCUT2D eigenvalue weighted by molar-refractivity contribution is 0.197. The molecule has 1 aliphatic heterocycles. The molecule has 3 rings (SSSR count). The molecule has 0 aliphatic carbocycles. The van der Waals surface area contributed by atoms with E-state index in [1.165, 1.54) is 36.2 Å². The Balaban J connectivity index is 1.63. The lowest BCUT2D eigenvalue weighted by atomic mass is 9.91. The van der Waals surface area contributed by atoms with E-state index in [1.807, 2.05) is 6.20 Å². The van der Waals surface area contributed by atoms with Gasteiger partial charge in [-0.05, 0) is 42.9 Å². The van der Waals surface area contributed by atoms with Crippen molar-refractivity contribution in [3.63, 3.8) is 0 Å². The minimum Gasteiger partial charge on any atom is -0.302 e. The summed E-state index contributed by atoms with van der Waals surface area (Å²) in [5.74, 6) is 1.21. The van der Waals surface area contributed by atoms with Gasteiger partial charge in [0.1, 0.15) is 0 Å². The normalized spacial score (nSPS) is 20.9. The number of hydrogen-bond acceptors (Lipinski definition) is 2. The maximum Gasteiger partial charge on any atom is 0.0522 e. The zero-order valence-corrected chi connectivity index (χ0v) is 13.8. The largest absolute Gasteiger partial charge is 0.302 e. The molecule has 1 fully saturated rings. The molecule has 3 heteroatoms. The van der Waals surface area contributed by atoms with Crippen LogP contribution in [0.15, 0.2) is 36.5 Å². The topological polar surface area (TPSA) is 31.9 Å². The summed E-state index contributed by atoms with van der Waals surface area (Å²) < 4.78 is 0. The fourth-order valence-corrected chi connectivity index (χ4v) is 3.69. The third-order valence-corrected chi connectivity index (χ3v) is 4.95. The highest BCUT2D eigenvalue weighted by atomic mass is 15.2. The molecule has 1 aliphatic rings. The van der Waals surface area contributed by atoms with Crippen LogP contribution in [0.4, 0.5) is 0 Å². The van der Waals surface area contributed by atoms with Crippen molar-refractivity contribution in [2.75, 3.05) is 19.6 Å². The molecule has 0 radical (unpaired) electrons. The van der Waals surface area contributed by atoms with Gasteiger partial charge in [0, 0.05) is 24.7 Å². The Morgan fingerprint density at radius 3 is 2.91 bits per heavy atom. The molecular formula is C19H27N3. The van der Waals surface area contributed by atoms with Crippen LogP contribution in [0.1, 0.15) is 55.3 Å². The van der Waals surface area contributed by atoms with Gasteiger partial charge in [-0.2, -0.15) is 5.10 Å². The van der Waals surface area contributed by atoms with Crippen molar-refractivity contribution >= 4 is 0 Å². The molecule has 22 heavy (non-hydrogen) atoms. The molecule has 1 N–H and O–H groups in total. The minimum absolute atomic E-state index is 0.590. The lowest BCUT2D eigenvalue weighted by Gasteiger charge is -2.34. The summed E-state index contributed by atoms with van der Waals surface area (Å²) in [6.07, 6.45) is 5.64. The summed E-state index contributed by atoms with van der Waals surface area (Å²) in [6, 6.07) is 10.9. The second-order valence-electron chi connectivity index (χ2n) is 6.57. The fraction of sp³-hybridized carbons (Fsp3) is 0.526. The molecule has 2 atom stereocenters. The summed E-state index contributed by atoms with van der Waals surface area (Å²) in [7, 11) is 0. The Bertz CT molecular complexity index is 575. The number of nitrogens with one attached hydrogen (secondary N) is 1. The number of nitrogens with zero attached hydrogens (tertiary/aromatic N) is 2. The molecule has 2 aromatic rings. The molecule has 2 heterocycles. The molecule has 0 bridgehead atoms. The van der Waals surface area contributed by atoms with E-state index in [1.54, 1.807) is 0 Å². The lowest BCUT2D eigenvalue weighted by Crippen LogP contribution is -2.37. The number of hydrogen-bond donors (Lipinski definition) is 1. The zero-order chi connectivity index (χ0) is 15.4. The molecule has 0 unspecified atom stereocenters. The molecule has 0 spiro atoms. The van der Waals surface area contributed by atoms with E-state index in [0.717, 1.165) is 19.5 Å². The fourth-order valence-electron chi connectivity index (χ4n) is 3.69. The van der Waals surface area contributed by atoms with E-state index in [0.29, 0.717) is 11.8 Å². The Labute approximate surface area is 133 Å². The van der Waals surface area contributed by atoms with Gasteiger partial charge in [-0.15, -0.1) is 0 Å². The predicted octanol–water partition coefficient (Wildman–Crippen LogP) is 3.96. The molecule has 0 saturated carbocycles. The van der Waals surface area contributed by atoms with Gasteiger partial charge in [0.2, 0.25) is 0 Å². The minimum atomic E-state index is 0.590. The van der Waals surface area contributed by atoms with Crippen molar-refractivity contribution in [1.82, 2.24) is 15.1 Å². The van der Waals surface area contributed by atoms with E-state index < -0.39 is 0 Å². The van der Waals surface area contributed by atoms with Crippen molar-refractivity contribution in [2.45, 2.75) is 44.9 Å². The van der Waals surface area contributed by atoms with Crippen LogP contribution in [0.3, 0.4) is 0 Å². The van der Waals surface area contributed by atoms with Gasteiger partial charge in [-0.1, -0.05) is 44.2 Å². The van der Waals surface area contributed by atoms with Crippen LogP contribution < -0.4 is 0 Å². The van der Waals surface area contributed by atoms with Crippen LogP contribution in [-0.4, -0.2) is 34.7 Å². The van der Waals surface area contributed by atoms with Crippen LogP contribution in [0.5, 0.6) is 0 Å². The number of aromatic amines is 1. The molecule has 118 valence electrons. The van der Waals surface area contributed by atoms with Crippen molar-refractivity contribution < 1.29 is 0 Å². The molecule has 3 nitrogen and oxygen atoms in total.